The van der Waals surface area contributed by atoms with Gasteiger partial charge in [0, 0.05) is 23.6 Å². The van der Waals surface area contributed by atoms with E-state index >= 15 is 0 Å². The van der Waals surface area contributed by atoms with Crippen LogP contribution in [0.15, 0.2) is 82.0 Å². The number of hydrogen-bond donors (Lipinski definition) is 1. The lowest BCUT2D eigenvalue weighted by Gasteiger charge is -2.45. The number of aryl methyl sites for hydroxylation is 1. The summed E-state index contributed by atoms with van der Waals surface area (Å²) in [6, 6.07) is 21.9. The first-order valence-corrected chi connectivity index (χ1v) is 13.4. The van der Waals surface area contributed by atoms with E-state index in [0.29, 0.717) is 22.3 Å². The second-order valence-electron chi connectivity index (χ2n) is 10.7. The molecule has 2 saturated heterocycles. The van der Waals surface area contributed by atoms with E-state index in [1.54, 1.807) is 51.1 Å². The summed E-state index contributed by atoms with van der Waals surface area (Å²) in [6.45, 7) is 5.34. The smallest absolute Gasteiger partial charge is 0.460 e. The number of hydrogen-bond acceptors (Lipinski definition) is 9. The summed E-state index contributed by atoms with van der Waals surface area (Å²) in [5.41, 5.74) is 1.65. The minimum absolute atomic E-state index is 0.00790. The van der Waals surface area contributed by atoms with Gasteiger partial charge in [-0.15, -0.1) is 0 Å². The molecule has 3 heterocycles. The van der Waals surface area contributed by atoms with E-state index in [4.69, 9.17) is 28.1 Å². The second kappa shape index (κ2) is 10.6. The molecule has 4 aromatic rings. The lowest BCUT2D eigenvalue weighted by atomic mass is 9.89. The number of amides is 1. The van der Waals surface area contributed by atoms with Crippen LogP contribution in [0, 0.1) is 6.92 Å². The van der Waals surface area contributed by atoms with Crippen molar-refractivity contribution >= 4 is 28.7 Å². The van der Waals surface area contributed by atoms with Gasteiger partial charge in [-0.05, 0) is 62.2 Å². The first-order chi connectivity index (χ1) is 20.1. The molecule has 4 unspecified atom stereocenters. The van der Waals surface area contributed by atoms with Gasteiger partial charge in [-0.2, -0.15) is 0 Å². The van der Waals surface area contributed by atoms with Gasteiger partial charge in [0.25, 0.3) is 5.91 Å². The molecule has 42 heavy (non-hydrogen) atoms. The number of methoxy groups -OCH3 is 1. The molecule has 0 aliphatic carbocycles. The van der Waals surface area contributed by atoms with Crippen molar-refractivity contribution in [3.63, 3.8) is 0 Å². The van der Waals surface area contributed by atoms with Gasteiger partial charge in [0.15, 0.2) is 6.10 Å². The van der Waals surface area contributed by atoms with Gasteiger partial charge in [-0.3, -0.25) is 4.79 Å². The number of ether oxygens (including phenoxy) is 5. The van der Waals surface area contributed by atoms with E-state index in [1.807, 2.05) is 42.5 Å². The first-order valence-electron chi connectivity index (χ1n) is 13.4. The third kappa shape index (κ3) is 4.99. The maximum Gasteiger partial charge on any atom is 0.509 e. The van der Waals surface area contributed by atoms with Crippen molar-refractivity contribution in [1.29, 1.82) is 0 Å². The number of rotatable bonds is 6. The van der Waals surface area contributed by atoms with Gasteiger partial charge in [0.05, 0.1) is 5.60 Å². The zero-order chi connectivity index (χ0) is 29.6. The number of nitrogens with one attached hydrogen (secondary N) is 1. The minimum atomic E-state index is -1.00. The van der Waals surface area contributed by atoms with Crippen molar-refractivity contribution in [1.82, 2.24) is 0 Å². The van der Waals surface area contributed by atoms with Gasteiger partial charge in [0.1, 0.15) is 23.1 Å². The molecule has 3 aromatic carbocycles. The Hall–Kier alpha value is -4.67. The number of carbonyl (C=O) groups excluding carboxylic acids is 2. The average molecular weight is 572 g/mol. The predicted molar refractivity (Wildman–Crippen MR) is 153 cm³/mol. The predicted octanol–water partition coefficient (Wildman–Crippen LogP) is 5.45. The van der Waals surface area contributed by atoms with Gasteiger partial charge in [0.2, 0.25) is 12.4 Å². The lowest BCUT2D eigenvalue weighted by Crippen LogP contribution is -2.62. The van der Waals surface area contributed by atoms with Crippen molar-refractivity contribution in [3.8, 4) is 16.9 Å². The summed E-state index contributed by atoms with van der Waals surface area (Å²) < 4.78 is 34.1. The molecule has 2 aliphatic rings. The highest BCUT2D eigenvalue weighted by molar-refractivity contribution is 6.05. The third-order valence-electron chi connectivity index (χ3n) is 7.56. The summed E-state index contributed by atoms with van der Waals surface area (Å²) in [5.74, 6) is -0.0773. The van der Waals surface area contributed by atoms with Gasteiger partial charge < -0.3 is 33.4 Å². The fourth-order valence-corrected chi connectivity index (χ4v) is 5.45. The van der Waals surface area contributed by atoms with Crippen molar-refractivity contribution in [2.45, 2.75) is 51.0 Å². The van der Waals surface area contributed by atoms with E-state index in [9.17, 15) is 14.4 Å². The van der Waals surface area contributed by atoms with Crippen LogP contribution < -0.4 is 15.7 Å². The summed E-state index contributed by atoms with van der Waals surface area (Å²) in [4.78, 5) is 37.8. The maximum absolute atomic E-state index is 12.9. The molecule has 4 atom stereocenters. The molecule has 2 aliphatic heterocycles. The highest BCUT2D eigenvalue weighted by Gasteiger charge is 2.59. The van der Waals surface area contributed by atoms with Crippen molar-refractivity contribution < 1.29 is 37.7 Å². The van der Waals surface area contributed by atoms with Crippen LogP contribution >= 0.6 is 0 Å². The number of anilines is 1. The molecule has 10 heteroatoms. The van der Waals surface area contributed by atoms with Crippen LogP contribution in [0.5, 0.6) is 5.75 Å². The lowest BCUT2D eigenvalue weighted by molar-refractivity contribution is -0.282. The fraction of sp³-hybridized carbons (Fsp3) is 0.281. The largest absolute Gasteiger partial charge is 0.509 e. The van der Waals surface area contributed by atoms with E-state index < -0.39 is 47.9 Å². The topological polar surface area (TPSA) is 123 Å². The maximum atomic E-state index is 12.9. The molecule has 0 radical (unpaired) electrons. The molecule has 1 aromatic heterocycles. The van der Waals surface area contributed by atoms with Gasteiger partial charge >= 0.3 is 11.8 Å². The molecule has 0 saturated carbocycles. The van der Waals surface area contributed by atoms with E-state index in [-0.39, 0.29) is 11.3 Å². The van der Waals surface area contributed by atoms with Crippen LogP contribution in [-0.4, -0.2) is 49.4 Å². The number of carbonyl (C=O) groups is 2. The van der Waals surface area contributed by atoms with Crippen molar-refractivity contribution in [2.75, 3.05) is 12.4 Å². The Morgan fingerprint density at radius 2 is 1.60 bits per heavy atom. The van der Waals surface area contributed by atoms with Crippen molar-refractivity contribution in [2.24, 2.45) is 0 Å². The van der Waals surface area contributed by atoms with Crippen LogP contribution in [0.3, 0.4) is 0 Å². The van der Waals surface area contributed by atoms with Crippen LogP contribution in [-0.2, 0) is 18.9 Å². The molecular weight excluding hydrogens is 542 g/mol. The Morgan fingerprint density at radius 1 is 0.905 bits per heavy atom. The monoisotopic (exact) mass is 571 g/mol. The molecule has 1 N–H and O–H groups in total. The first kappa shape index (κ1) is 27.5. The Bertz CT molecular complexity index is 1710. The molecular formula is C32H29NO9. The quantitative estimate of drug-likeness (QED) is 0.238. The van der Waals surface area contributed by atoms with E-state index in [0.717, 1.165) is 11.1 Å². The van der Waals surface area contributed by atoms with Crippen LogP contribution in [0.25, 0.3) is 22.1 Å². The molecule has 0 spiro atoms. The van der Waals surface area contributed by atoms with Crippen LogP contribution in [0.1, 0.15) is 29.8 Å². The molecule has 216 valence electrons. The van der Waals surface area contributed by atoms with E-state index in [1.165, 1.54) is 7.11 Å². The molecule has 6 rings (SSSR count). The van der Waals surface area contributed by atoms with Crippen LogP contribution in [0.4, 0.5) is 10.5 Å². The number of benzene rings is 3. The summed E-state index contributed by atoms with van der Waals surface area (Å²) in [7, 11) is 1.51. The fourth-order valence-electron chi connectivity index (χ4n) is 5.45. The molecule has 1 amide bonds. The zero-order valence-electron chi connectivity index (χ0n) is 23.4. The summed E-state index contributed by atoms with van der Waals surface area (Å²) in [6.07, 6.45) is -3.99. The Kier molecular flexibility index (Phi) is 6.96. The number of fused-ring (bicyclic) bond motifs is 2. The zero-order valence-corrected chi connectivity index (χ0v) is 23.4. The SMILES string of the molecule is COC1C2OC(=O)OC2C(Oc2ccc3cc(NC(=O)c4ccc(-c5ccccc5)cc4)c(=O)oc3c2C)OC1(C)C. The Labute approximate surface area is 241 Å². The molecule has 0 bridgehead atoms. The standard InChI is InChI=1S/C32H29NO9/c1-17-23(38-30-26-25(40-31(36)41-26)27(37-4)32(2,3)42-30)15-14-21-16-22(29(35)39-24(17)21)33-28(34)20-12-10-19(11-13-20)18-8-6-5-7-9-18/h5-16,25-27,30H,1-4H3,(H,33,34). The van der Waals surface area contributed by atoms with E-state index in [2.05, 4.69) is 5.32 Å². The third-order valence-corrected chi connectivity index (χ3v) is 7.56. The second-order valence-corrected chi connectivity index (χ2v) is 10.7. The highest BCUT2D eigenvalue weighted by Crippen LogP contribution is 2.39. The summed E-state index contributed by atoms with van der Waals surface area (Å²) >= 11 is 0. The normalized spacial score (nSPS) is 22.6. The molecule has 2 fully saturated rings. The minimum Gasteiger partial charge on any atom is -0.460 e. The van der Waals surface area contributed by atoms with Crippen molar-refractivity contribution in [3.05, 3.63) is 94.3 Å². The summed E-state index contributed by atoms with van der Waals surface area (Å²) in [5, 5.41) is 3.23. The van der Waals surface area contributed by atoms with Gasteiger partial charge in [-0.25, -0.2) is 9.59 Å². The van der Waals surface area contributed by atoms with Crippen LogP contribution in [0.2, 0.25) is 0 Å². The Balaban J connectivity index is 1.22. The molecule has 10 nitrogen and oxygen atoms in total. The average Bonchev–Trinajstić information content (AvgIpc) is 3.36. The Morgan fingerprint density at radius 3 is 2.31 bits per heavy atom. The highest BCUT2D eigenvalue weighted by atomic mass is 16.8. The van der Waals surface area contributed by atoms with Gasteiger partial charge in [-0.1, -0.05) is 42.5 Å².